The monoisotopic (exact) mass is 140 g/mol. The Bertz CT molecular complexity index is 143. The van der Waals surface area contributed by atoms with Crippen LogP contribution in [0.25, 0.3) is 0 Å². The predicted molar refractivity (Wildman–Crippen MR) is 41.3 cm³/mol. The predicted octanol–water partition coefficient (Wildman–Crippen LogP) is 0.745. The normalized spacial score (nSPS) is 29.5. The Labute approximate surface area is 61.7 Å². The third-order valence-electron chi connectivity index (χ3n) is 1.95. The molecule has 0 aliphatic heterocycles. The minimum absolute atomic E-state index is 0.727. The van der Waals surface area contributed by atoms with Crippen LogP contribution in [0.2, 0.25) is 0 Å². The van der Waals surface area contributed by atoms with Gasteiger partial charge in [0, 0.05) is 0 Å². The summed E-state index contributed by atoms with van der Waals surface area (Å²) in [6.45, 7) is 2.19. The molecule has 1 saturated carbocycles. The maximum absolute atomic E-state index is 8.58. The molecule has 1 unspecified atom stereocenters. The zero-order valence-corrected chi connectivity index (χ0v) is 6.25. The summed E-state index contributed by atoms with van der Waals surface area (Å²) < 4.78 is 0. The van der Waals surface area contributed by atoms with Crippen LogP contribution in [0.15, 0.2) is 11.5 Å². The highest BCUT2D eigenvalue weighted by Crippen LogP contribution is 2.29. The Morgan fingerprint density at radius 2 is 2.30 bits per heavy atom. The fraction of sp³-hybridized carbons (Fsp3) is 0.714. The SMILES string of the molecule is CC1CC/C(=C\B(O)O)C1. The van der Waals surface area contributed by atoms with Crippen LogP contribution >= 0.6 is 0 Å². The van der Waals surface area contributed by atoms with E-state index in [1.807, 2.05) is 0 Å². The van der Waals surface area contributed by atoms with E-state index in [1.165, 1.54) is 12.0 Å². The highest BCUT2D eigenvalue weighted by molar-refractivity contribution is 6.47. The molecule has 10 heavy (non-hydrogen) atoms. The average Bonchev–Trinajstić information content (AvgIpc) is 2.13. The summed E-state index contributed by atoms with van der Waals surface area (Å²) in [5.41, 5.74) is 1.20. The minimum Gasteiger partial charge on any atom is -0.424 e. The van der Waals surface area contributed by atoms with Gasteiger partial charge in [-0.25, -0.2) is 0 Å². The summed E-state index contributed by atoms with van der Waals surface area (Å²) in [6.07, 6.45) is 3.27. The van der Waals surface area contributed by atoms with Crippen LogP contribution in [-0.4, -0.2) is 17.2 Å². The number of allylic oxidation sites excluding steroid dienone is 1. The van der Waals surface area contributed by atoms with Gasteiger partial charge in [0.1, 0.15) is 0 Å². The van der Waals surface area contributed by atoms with Gasteiger partial charge in [-0.2, -0.15) is 0 Å². The molecule has 0 aromatic rings. The van der Waals surface area contributed by atoms with Crippen molar-refractivity contribution in [2.75, 3.05) is 0 Å². The molecule has 3 heteroatoms. The molecule has 0 amide bonds. The fourth-order valence-electron chi connectivity index (χ4n) is 1.45. The van der Waals surface area contributed by atoms with Crippen molar-refractivity contribution >= 4 is 7.12 Å². The second kappa shape index (κ2) is 3.22. The van der Waals surface area contributed by atoms with E-state index in [0.717, 1.165) is 18.8 Å². The van der Waals surface area contributed by atoms with E-state index in [2.05, 4.69) is 6.92 Å². The van der Waals surface area contributed by atoms with Gasteiger partial charge in [0.25, 0.3) is 0 Å². The lowest BCUT2D eigenvalue weighted by Crippen LogP contribution is -2.07. The summed E-state index contributed by atoms with van der Waals surface area (Å²) in [7, 11) is -1.25. The van der Waals surface area contributed by atoms with Gasteiger partial charge < -0.3 is 10.0 Å². The third kappa shape index (κ3) is 2.16. The lowest BCUT2D eigenvalue weighted by molar-refractivity contribution is 0.423. The molecule has 1 aliphatic rings. The van der Waals surface area contributed by atoms with Gasteiger partial charge in [-0.3, -0.25) is 0 Å². The van der Waals surface area contributed by atoms with Gasteiger partial charge >= 0.3 is 7.12 Å². The summed E-state index contributed by atoms with van der Waals surface area (Å²) in [5.74, 6) is 2.27. The van der Waals surface area contributed by atoms with Crippen molar-refractivity contribution in [1.29, 1.82) is 0 Å². The summed E-state index contributed by atoms with van der Waals surface area (Å²) in [6, 6.07) is 0. The van der Waals surface area contributed by atoms with Crippen molar-refractivity contribution < 1.29 is 10.0 Å². The molecular formula is C7H13BO2. The molecule has 2 nitrogen and oxygen atoms in total. The van der Waals surface area contributed by atoms with E-state index >= 15 is 0 Å². The summed E-state index contributed by atoms with van der Waals surface area (Å²) in [4.78, 5) is 0. The second-order valence-corrected chi connectivity index (χ2v) is 3.09. The Morgan fingerprint density at radius 1 is 1.60 bits per heavy atom. The Kier molecular flexibility index (Phi) is 2.52. The lowest BCUT2D eigenvalue weighted by Gasteiger charge is -1.95. The van der Waals surface area contributed by atoms with Gasteiger partial charge in [-0.1, -0.05) is 18.5 Å². The van der Waals surface area contributed by atoms with Crippen LogP contribution in [-0.2, 0) is 0 Å². The first kappa shape index (κ1) is 7.83. The molecule has 0 bridgehead atoms. The molecule has 1 aliphatic carbocycles. The maximum atomic E-state index is 8.58. The zero-order valence-electron chi connectivity index (χ0n) is 6.25. The van der Waals surface area contributed by atoms with E-state index in [-0.39, 0.29) is 0 Å². The van der Waals surface area contributed by atoms with Crippen LogP contribution in [0.3, 0.4) is 0 Å². The first-order valence-electron chi connectivity index (χ1n) is 3.74. The van der Waals surface area contributed by atoms with Gasteiger partial charge in [0.05, 0.1) is 0 Å². The van der Waals surface area contributed by atoms with Crippen LogP contribution in [0.1, 0.15) is 26.2 Å². The van der Waals surface area contributed by atoms with Crippen molar-refractivity contribution in [3.05, 3.63) is 11.5 Å². The van der Waals surface area contributed by atoms with Gasteiger partial charge in [0.15, 0.2) is 0 Å². The largest absolute Gasteiger partial charge is 0.480 e. The molecular weight excluding hydrogens is 127 g/mol. The topological polar surface area (TPSA) is 40.5 Å². The number of hydrogen-bond acceptors (Lipinski definition) is 2. The van der Waals surface area contributed by atoms with Crippen molar-refractivity contribution in [3.63, 3.8) is 0 Å². The minimum atomic E-state index is -1.25. The first-order chi connectivity index (χ1) is 4.68. The van der Waals surface area contributed by atoms with Crippen LogP contribution in [0.4, 0.5) is 0 Å². The Balaban J connectivity index is 2.43. The molecule has 0 aromatic heterocycles. The fourth-order valence-corrected chi connectivity index (χ4v) is 1.45. The Morgan fingerprint density at radius 3 is 2.70 bits per heavy atom. The van der Waals surface area contributed by atoms with E-state index in [9.17, 15) is 0 Å². The van der Waals surface area contributed by atoms with Crippen molar-refractivity contribution in [2.24, 2.45) is 5.92 Å². The molecule has 0 spiro atoms. The van der Waals surface area contributed by atoms with Crippen molar-refractivity contribution in [3.8, 4) is 0 Å². The molecule has 0 radical (unpaired) electrons. The zero-order chi connectivity index (χ0) is 7.56. The second-order valence-electron chi connectivity index (χ2n) is 3.09. The van der Waals surface area contributed by atoms with Crippen LogP contribution < -0.4 is 0 Å². The van der Waals surface area contributed by atoms with Crippen molar-refractivity contribution in [2.45, 2.75) is 26.2 Å². The first-order valence-corrected chi connectivity index (χ1v) is 3.74. The molecule has 56 valence electrons. The highest BCUT2D eigenvalue weighted by Gasteiger charge is 2.16. The average molecular weight is 140 g/mol. The molecule has 1 fully saturated rings. The summed E-state index contributed by atoms with van der Waals surface area (Å²) in [5, 5.41) is 17.2. The standard InChI is InChI=1S/C7H13BO2/c1-6-2-3-7(4-6)5-8(9)10/h5-6,9-10H,2-4H2,1H3/b7-5+. The molecule has 2 N–H and O–H groups in total. The molecule has 1 atom stereocenters. The van der Waals surface area contributed by atoms with E-state index in [1.54, 1.807) is 5.98 Å². The van der Waals surface area contributed by atoms with E-state index in [0.29, 0.717) is 0 Å². The molecule has 0 heterocycles. The summed E-state index contributed by atoms with van der Waals surface area (Å²) >= 11 is 0. The number of hydrogen-bond donors (Lipinski definition) is 2. The van der Waals surface area contributed by atoms with Gasteiger partial charge in [0.2, 0.25) is 0 Å². The highest BCUT2D eigenvalue weighted by atomic mass is 16.4. The number of rotatable bonds is 1. The molecule has 0 saturated heterocycles. The van der Waals surface area contributed by atoms with E-state index in [4.69, 9.17) is 10.0 Å². The smallest absolute Gasteiger partial charge is 0.424 e. The van der Waals surface area contributed by atoms with Crippen LogP contribution in [0, 0.1) is 5.92 Å². The maximum Gasteiger partial charge on any atom is 0.480 e. The Hall–Kier alpha value is -0.275. The molecule has 0 aromatic carbocycles. The van der Waals surface area contributed by atoms with Crippen molar-refractivity contribution in [1.82, 2.24) is 0 Å². The quantitative estimate of drug-likeness (QED) is 0.527. The van der Waals surface area contributed by atoms with Crippen LogP contribution in [0.5, 0.6) is 0 Å². The third-order valence-corrected chi connectivity index (χ3v) is 1.95. The van der Waals surface area contributed by atoms with E-state index < -0.39 is 7.12 Å². The molecule has 1 rings (SSSR count). The van der Waals surface area contributed by atoms with Gasteiger partial charge in [-0.05, 0) is 25.2 Å². The lowest BCUT2D eigenvalue weighted by atomic mass is 9.88. The van der Waals surface area contributed by atoms with Gasteiger partial charge in [-0.15, -0.1) is 0 Å².